The Labute approximate surface area is 143 Å². The largest absolute Gasteiger partial charge is 0.271 e. The van der Waals surface area contributed by atoms with E-state index < -0.39 is 18.0 Å². The van der Waals surface area contributed by atoms with Gasteiger partial charge in [0.25, 0.3) is 11.8 Å². The molecular weight excluding hydrogens is 328 g/mol. The molecular formula is C17H13ClN4O2. The highest BCUT2D eigenvalue weighted by Crippen LogP contribution is 2.35. The third-order valence-corrected chi connectivity index (χ3v) is 4.46. The van der Waals surface area contributed by atoms with Gasteiger partial charge in [0.15, 0.2) is 12.1 Å². The lowest BCUT2D eigenvalue weighted by molar-refractivity contribution is -0.123. The molecule has 0 N–H and O–H groups in total. The number of hydrogen-bond donors (Lipinski definition) is 0. The third kappa shape index (κ3) is 2.27. The van der Waals surface area contributed by atoms with Gasteiger partial charge in [-0.25, -0.2) is 4.90 Å². The van der Waals surface area contributed by atoms with E-state index in [-0.39, 0.29) is 5.91 Å². The van der Waals surface area contributed by atoms with Crippen LogP contribution in [0.25, 0.3) is 0 Å². The predicted molar refractivity (Wildman–Crippen MR) is 88.4 cm³/mol. The van der Waals surface area contributed by atoms with Crippen LogP contribution in [0.5, 0.6) is 0 Å². The highest BCUT2D eigenvalue weighted by molar-refractivity contribution is 6.36. The van der Waals surface area contributed by atoms with Crippen molar-refractivity contribution < 1.29 is 9.59 Å². The molecule has 2 heterocycles. The highest BCUT2D eigenvalue weighted by Gasteiger charge is 2.55. The Morgan fingerprint density at radius 1 is 0.958 bits per heavy atom. The number of carbonyl (C=O) groups is 2. The van der Waals surface area contributed by atoms with E-state index in [2.05, 4.69) is 10.3 Å². The van der Waals surface area contributed by atoms with E-state index in [0.717, 1.165) is 10.5 Å². The van der Waals surface area contributed by atoms with E-state index in [0.29, 0.717) is 17.3 Å². The number of rotatable bonds is 3. The minimum Gasteiger partial charge on any atom is -0.271 e. The number of benzene rings is 2. The topological polar surface area (TPSA) is 65.3 Å². The van der Waals surface area contributed by atoms with Crippen LogP contribution in [0.2, 0.25) is 5.02 Å². The zero-order chi connectivity index (χ0) is 16.7. The summed E-state index contributed by atoms with van der Waals surface area (Å²) in [6, 6.07) is 14.9. The number of fused-ring (bicyclic) bond motifs is 1. The maximum atomic E-state index is 12.8. The molecule has 0 spiro atoms. The van der Waals surface area contributed by atoms with Crippen molar-refractivity contribution in [1.29, 1.82) is 0 Å². The Morgan fingerprint density at radius 2 is 1.67 bits per heavy atom. The van der Waals surface area contributed by atoms with Gasteiger partial charge in [0.1, 0.15) is 0 Å². The molecule has 0 saturated carbocycles. The molecule has 0 aliphatic carbocycles. The number of anilines is 1. The number of amides is 2. The summed E-state index contributed by atoms with van der Waals surface area (Å²) in [4.78, 5) is 26.6. The maximum absolute atomic E-state index is 12.8. The van der Waals surface area contributed by atoms with Crippen LogP contribution in [0, 0.1) is 0 Å². The molecule has 120 valence electrons. The van der Waals surface area contributed by atoms with Gasteiger partial charge >= 0.3 is 0 Å². The number of imide groups is 1. The molecule has 24 heavy (non-hydrogen) atoms. The highest BCUT2D eigenvalue weighted by atomic mass is 35.5. The van der Waals surface area contributed by atoms with Gasteiger partial charge in [0.05, 0.1) is 17.3 Å². The quantitative estimate of drug-likeness (QED) is 0.807. The lowest BCUT2D eigenvalue weighted by atomic mass is 10.1. The minimum atomic E-state index is -0.808. The maximum Gasteiger partial charge on any atom is 0.263 e. The Hall–Kier alpha value is -2.73. The molecule has 2 aliphatic heterocycles. The first kappa shape index (κ1) is 14.8. The summed E-state index contributed by atoms with van der Waals surface area (Å²) in [5.41, 5.74) is 1.38. The average molecular weight is 341 g/mol. The van der Waals surface area contributed by atoms with Crippen LogP contribution >= 0.6 is 11.6 Å². The van der Waals surface area contributed by atoms with Crippen LogP contribution in [-0.4, -0.2) is 28.9 Å². The normalized spacial score (nSPS) is 22.4. The standard InChI is InChI=1S/C17H13ClN4O2/c18-12-8-4-5-9-13(12)22-16(23)14-15(17(22)24)21(20-19-14)10-11-6-2-1-3-7-11/h1-9,14-15H,10H2/t14-,15-/m1/s1. The van der Waals surface area contributed by atoms with Crippen molar-refractivity contribution in [1.82, 2.24) is 5.01 Å². The molecule has 6 nitrogen and oxygen atoms in total. The Balaban J connectivity index is 1.64. The van der Waals surface area contributed by atoms with Crippen LogP contribution in [-0.2, 0) is 16.1 Å². The van der Waals surface area contributed by atoms with E-state index >= 15 is 0 Å². The number of halogens is 1. The minimum absolute atomic E-state index is 0.348. The lowest BCUT2D eigenvalue weighted by Gasteiger charge is -2.21. The summed E-state index contributed by atoms with van der Waals surface area (Å²) in [6.45, 7) is 0.418. The third-order valence-electron chi connectivity index (χ3n) is 4.14. The summed E-state index contributed by atoms with van der Waals surface area (Å²) in [5, 5.41) is 9.95. The first-order valence-electron chi connectivity index (χ1n) is 7.50. The molecule has 2 aromatic rings. The van der Waals surface area contributed by atoms with Gasteiger partial charge in [0, 0.05) is 0 Å². The second-order valence-corrected chi connectivity index (χ2v) is 6.05. The molecule has 0 bridgehead atoms. The summed E-state index contributed by atoms with van der Waals surface area (Å²) >= 11 is 6.14. The molecule has 7 heteroatoms. The zero-order valence-corrected chi connectivity index (χ0v) is 13.3. The fraction of sp³-hybridized carbons (Fsp3) is 0.176. The van der Waals surface area contributed by atoms with Gasteiger partial charge < -0.3 is 0 Å². The lowest BCUT2D eigenvalue weighted by Crippen LogP contribution is -2.39. The zero-order valence-electron chi connectivity index (χ0n) is 12.5. The molecule has 4 rings (SSSR count). The van der Waals surface area contributed by atoms with Crippen molar-refractivity contribution in [2.75, 3.05) is 4.90 Å². The van der Waals surface area contributed by atoms with Crippen LogP contribution in [0.4, 0.5) is 5.69 Å². The van der Waals surface area contributed by atoms with Crippen LogP contribution in [0.15, 0.2) is 64.9 Å². The predicted octanol–water partition coefficient (Wildman–Crippen LogP) is 2.83. The van der Waals surface area contributed by atoms with Gasteiger partial charge in [-0.1, -0.05) is 59.3 Å². The Bertz CT molecular complexity index is 839. The van der Waals surface area contributed by atoms with E-state index in [4.69, 9.17) is 11.6 Å². The van der Waals surface area contributed by atoms with Gasteiger partial charge in [-0.2, -0.15) is 5.11 Å². The molecule has 2 aliphatic rings. The van der Waals surface area contributed by atoms with Crippen LogP contribution in [0.3, 0.4) is 0 Å². The van der Waals surface area contributed by atoms with Crippen molar-refractivity contribution >= 4 is 29.1 Å². The fourth-order valence-corrected chi connectivity index (χ4v) is 3.22. The van der Waals surface area contributed by atoms with E-state index in [1.807, 2.05) is 30.3 Å². The summed E-state index contributed by atoms with van der Waals surface area (Å²) in [5.74, 6) is -0.739. The summed E-state index contributed by atoms with van der Waals surface area (Å²) in [7, 11) is 0. The SMILES string of the molecule is O=C1[C@@H]2N=NN(Cc3ccccc3)[C@H]2C(=O)N1c1ccccc1Cl. The van der Waals surface area contributed by atoms with Gasteiger partial charge in [-0.15, -0.1) is 0 Å². The molecule has 2 atom stereocenters. The van der Waals surface area contributed by atoms with E-state index in [1.54, 1.807) is 29.3 Å². The van der Waals surface area contributed by atoms with Crippen LogP contribution in [0.1, 0.15) is 5.56 Å². The van der Waals surface area contributed by atoms with Crippen molar-refractivity contribution in [3.05, 3.63) is 65.2 Å². The van der Waals surface area contributed by atoms with E-state index in [9.17, 15) is 9.59 Å². The first-order valence-corrected chi connectivity index (χ1v) is 7.88. The number of para-hydroxylation sites is 1. The molecule has 0 unspecified atom stereocenters. The van der Waals surface area contributed by atoms with Gasteiger partial charge in [0.2, 0.25) is 0 Å². The Morgan fingerprint density at radius 3 is 2.42 bits per heavy atom. The number of hydrogen-bond acceptors (Lipinski definition) is 5. The molecule has 0 radical (unpaired) electrons. The molecule has 0 aromatic heterocycles. The fourth-order valence-electron chi connectivity index (χ4n) is 2.99. The van der Waals surface area contributed by atoms with Crippen molar-refractivity contribution in [2.45, 2.75) is 18.6 Å². The molecule has 1 fully saturated rings. The van der Waals surface area contributed by atoms with Crippen molar-refractivity contribution in [2.24, 2.45) is 10.3 Å². The van der Waals surface area contributed by atoms with Gasteiger partial charge in [-0.05, 0) is 17.7 Å². The second-order valence-electron chi connectivity index (χ2n) is 5.64. The van der Waals surface area contributed by atoms with Gasteiger partial charge in [-0.3, -0.25) is 14.6 Å². The smallest absolute Gasteiger partial charge is 0.263 e. The summed E-state index contributed by atoms with van der Waals surface area (Å²) in [6.07, 6.45) is 0. The number of nitrogens with zero attached hydrogens (tertiary/aromatic N) is 4. The summed E-state index contributed by atoms with van der Waals surface area (Å²) < 4.78 is 0. The monoisotopic (exact) mass is 340 g/mol. The van der Waals surface area contributed by atoms with Crippen molar-refractivity contribution in [3.63, 3.8) is 0 Å². The number of carbonyl (C=O) groups excluding carboxylic acids is 2. The first-order chi connectivity index (χ1) is 11.7. The molecule has 2 amide bonds. The molecule has 2 aromatic carbocycles. The average Bonchev–Trinajstić information content (AvgIpc) is 3.10. The van der Waals surface area contributed by atoms with E-state index in [1.165, 1.54) is 0 Å². The van der Waals surface area contributed by atoms with Crippen LogP contribution < -0.4 is 4.90 Å². The second kappa shape index (κ2) is 5.72. The Kier molecular flexibility index (Phi) is 3.54. The molecule has 1 saturated heterocycles. The van der Waals surface area contributed by atoms with Crippen molar-refractivity contribution in [3.8, 4) is 0 Å².